The first-order chi connectivity index (χ1) is 6.79. The summed E-state index contributed by atoms with van der Waals surface area (Å²) in [5.74, 6) is 2.69. The molecule has 4 heteroatoms. The lowest BCUT2D eigenvalue weighted by atomic mass is 9.82. The lowest BCUT2D eigenvalue weighted by Crippen LogP contribution is -2.13. The summed E-state index contributed by atoms with van der Waals surface area (Å²) in [6.45, 7) is 2.63. The molecule has 2 N–H and O–H groups in total. The van der Waals surface area contributed by atoms with E-state index >= 15 is 0 Å². The van der Waals surface area contributed by atoms with Crippen molar-refractivity contribution in [2.24, 2.45) is 11.7 Å². The number of rotatable bonds is 2. The second kappa shape index (κ2) is 4.09. The first-order valence-corrected chi connectivity index (χ1v) is 5.32. The number of aromatic nitrogens is 2. The van der Waals surface area contributed by atoms with E-state index in [1.165, 1.54) is 25.7 Å². The molecule has 1 fully saturated rings. The van der Waals surface area contributed by atoms with Gasteiger partial charge in [0.05, 0.1) is 6.54 Å². The van der Waals surface area contributed by atoms with Gasteiger partial charge in [-0.15, -0.1) is 0 Å². The van der Waals surface area contributed by atoms with Crippen LogP contribution in [0.5, 0.6) is 0 Å². The highest BCUT2D eigenvalue weighted by Gasteiger charge is 2.24. The lowest BCUT2D eigenvalue weighted by molar-refractivity contribution is 0.320. The predicted molar refractivity (Wildman–Crippen MR) is 52.6 cm³/mol. The van der Waals surface area contributed by atoms with E-state index in [0.717, 1.165) is 11.7 Å². The molecule has 78 valence electrons. The summed E-state index contributed by atoms with van der Waals surface area (Å²) in [4.78, 5) is 4.28. The molecule has 1 aromatic rings. The Hall–Kier alpha value is -0.900. The van der Waals surface area contributed by atoms with Crippen LogP contribution in [0, 0.1) is 5.92 Å². The van der Waals surface area contributed by atoms with Gasteiger partial charge in [-0.1, -0.05) is 24.9 Å². The van der Waals surface area contributed by atoms with Crippen molar-refractivity contribution < 1.29 is 4.52 Å². The normalized spacial score (nSPS) is 27.9. The minimum absolute atomic E-state index is 0.343. The molecule has 1 aliphatic rings. The molecule has 0 amide bonds. The second-order valence-corrected chi connectivity index (χ2v) is 4.22. The van der Waals surface area contributed by atoms with Crippen molar-refractivity contribution in [1.29, 1.82) is 0 Å². The van der Waals surface area contributed by atoms with Crippen LogP contribution in [0.2, 0.25) is 0 Å². The highest BCUT2D eigenvalue weighted by molar-refractivity contribution is 4.97. The summed E-state index contributed by atoms with van der Waals surface area (Å²) in [7, 11) is 0. The Bertz CT molecular complexity index is 297. The Balaban J connectivity index is 2.06. The van der Waals surface area contributed by atoms with Crippen molar-refractivity contribution in [1.82, 2.24) is 10.1 Å². The Labute approximate surface area is 83.9 Å². The van der Waals surface area contributed by atoms with Gasteiger partial charge in [0, 0.05) is 5.92 Å². The number of nitrogens with zero attached hydrogens (tertiary/aromatic N) is 2. The van der Waals surface area contributed by atoms with Crippen molar-refractivity contribution in [3.05, 3.63) is 11.7 Å². The molecule has 2 unspecified atom stereocenters. The van der Waals surface area contributed by atoms with Gasteiger partial charge in [0.1, 0.15) is 0 Å². The maximum absolute atomic E-state index is 5.42. The summed E-state index contributed by atoms with van der Waals surface area (Å²) in [5.41, 5.74) is 5.42. The van der Waals surface area contributed by atoms with Gasteiger partial charge in [-0.05, 0) is 18.8 Å². The molecule has 4 nitrogen and oxygen atoms in total. The van der Waals surface area contributed by atoms with E-state index in [9.17, 15) is 0 Å². The molecule has 1 heterocycles. The van der Waals surface area contributed by atoms with Crippen LogP contribution in [0.4, 0.5) is 0 Å². The number of hydrogen-bond donors (Lipinski definition) is 1. The predicted octanol–water partition coefficient (Wildman–Crippen LogP) is 1.82. The smallest absolute Gasteiger partial charge is 0.240 e. The highest BCUT2D eigenvalue weighted by Crippen LogP contribution is 2.34. The van der Waals surface area contributed by atoms with Gasteiger partial charge in [0.2, 0.25) is 5.89 Å². The molecule has 0 aliphatic heterocycles. The second-order valence-electron chi connectivity index (χ2n) is 4.22. The molecule has 0 radical (unpaired) electrons. The van der Waals surface area contributed by atoms with Gasteiger partial charge in [-0.3, -0.25) is 0 Å². The lowest BCUT2D eigenvalue weighted by Gasteiger charge is -2.23. The maximum atomic E-state index is 5.42. The zero-order chi connectivity index (χ0) is 9.97. The average molecular weight is 195 g/mol. The van der Waals surface area contributed by atoms with Crippen molar-refractivity contribution >= 4 is 0 Å². The number of nitrogens with two attached hydrogens (primary N) is 1. The number of hydrogen-bond acceptors (Lipinski definition) is 4. The fraction of sp³-hybridized carbons (Fsp3) is 0.800. The van der Waals surface area contributed by atoms with E-state index in [2.05, 4.69) is 17.1 Å². The molecule has 0 saturated heterocycles. The van der Waals surface area contributed by atoms with Gasteiger partial charge in [-0.25, -0.2) is 0 Å². The average Bonchev–Trinajstić information content (AvgIpc) is 2.66. The molecule has 14 heavy (non-hydrogen) atoms. The van der Waals surface area contributed by atoms with E-state index in [-0.39, 0.29) is 0 Å². The zero-order valence-corrected chi connectivity index (χ0v) is 8.57. The van der Waals surface area contributed by atoms with Gasteiger partial charge >= 0.3 is 0 Å². The zero-order valence-electron chi connectivity index (χ0n) is 8.57. The summed E-state index contributed by atoms with van der Waals surface area (Å²) in [6, 6.07) is 0. The monoisotopic (exact) mass is 195 g/mol. The fourth-order valence-corrected chi connectivity index (χ4v) is 2.19. The van der Waals surface area contributed by atoms with Crippen LogP contribution >= 0.6 is 0 Å². The minimum atomic E-state index is 0.343. The maximum Gasteiger partial charge on any atom is 0.240 e. The van der Waals surface area contributed by atoms with Crippen LogP contribution in [-0.2, 0) is 6.54 Å². The van der Waals surface area contributed by atoms with Crippen LogP contribution in [0.15, 0.2) is 4.52 Å². The van der Waals surface area contributed by atoms with Crippen LogP contribution in [0.25, 0.3) is 0 Å². The largest absolute Gasteiger partial charge is 0.338 e. The van der Waals surface area contributed by atoms with E-state index in [0.29, 0.717) is 18.4 Å². The molecule has 0 bridgehead atoms. The van der Waals surface area contributed by atoms with Gasteiger partial charge in [-0.2, -0.15) is 4.98 Å². The molecule has 2 rings (SSSR count). The highest BCUT2D eigenvalue weighted by atomic mass is 16.5. The summed E-state index contributed by atoms with van der Waals surface area (Å²) < 4.78 is 5.02. The minimum Gasteiger partial charge on any atom is -0.338 e. The third-order valence-electron chi connectivity index (χ3n) is 2.96. The molecule has 0 spiro atoms. The van der Waals surface area contributed by atoms with Gasteiger partial charge < -0.3 is 10.3 Å². The SMILES string of the molecule is CC1CCCC(c2noc(CN)n2)C1. The standard InChI is InChI=1S/C10H17N3O/c1-7-3-2-4-8(5-7)10-12-9(6-11)14-13-10/h7-8H,2-6,11H2,1H3. The van der Waals surface area contributed by atoms with Crippen LogP contribution in [0.3, 0.4) is 0 Å². The first kappa shape index (κ1) is 9.65. The van der Waals surface area contributed by atoms with E-state index in [1.54, 1.807) is 0 Å². The van der Waals surface area contributed by atoms with Crippen LogP contribution in [0.1, 0.15) is 50.2 Å². The Morgan fingerprint density at radius 2 is 2.36 bits per heavy atom. The fourth-order valence-electron chi connectivity index (χ4n) is 2.19. The third kappa shape index (κ3) is 1.95. The third-order valence-corrected chi connectivity index (χ3v) is 2.96. The molecule has 1 aliphatic carbocycles. The molecule has 1 aromatic heterocycles. The quantitative estimate of drug-likeness (QED) is 0.781. The van der Waals surface area contributed by atoms with Crippen molar-refractivity contribution in [3.63, 3.8) is 0 Å². The molecular weight excluding hydrogens is 178 g/mol. The molecular formula is C10H17N3O. The Morgan fingerprint density at radius 3 is 3.00 bits per heavy atom. The Kier molecular flexibility index (Phi) is 2.82. The van der Waals surface area contributed by atoms with Crippen LogP contribution < -0.4 is 5.73 Å². The molecule has 2 atom stereocenters. The Morgan fingerprint density at radius 1 is 1.50 bits per heavy atom. The van der Waals surface area contributed by atoms with E-state index in [4.69, 9.17) is 10.3 Å². The summed E-state index contributed by atoms with van der Waals surface area (Å²) in [5, 5.41) is 3.98. The van der Waals surface area contributed by atoms with Gasteiger partial charge in [0.15, 0.2) is 5.82 Å². The van der Waals surface area contributed by atoms with Crippen LogP contribution in [-0.4, -0.2) is 10.1 Å². The van der Waals surface area contributed by atoms with Crippen molar-refractivity contribution in [2.45, 2.75) is 45.1 Å². The van der Waals surface area contributed by atoms with Gasteiger partial charge in [0.25, 0.3) is 0 Å². The van der Waals surface area contributed by atoms with E-state index in [1.807, 2.05) is 0 Å². The van der Waals surface area contributed by atoms with Crippen molar-refractivity contribution in [2.75, 3.05) is 0 Å². The first-order valence-electron chi connectivity index (χ1n) is 5.32. The van der Waals surface area contributed by atoms with Crippen molar-refractivity contribution in [3.8, 4) is 0 Å². The molecule has 1 saturated carbocycles. The topological polar surface area (TPSA) is 64.9 Å². The van der Waals surface area contributed by atoms with E-state index < -0.39 is 0 Å². The molecule has 0 aromatic carbocycles. The summed E-state index contributed by atoms with van der Waals surface area (Å²) >= 11 is 0. The summed E-state index contributed by atoms with van der Waals surface area (Å²) in [6.07, 6.45) is 4.98.